The maximum atomic E-state index is 10.3. The van der Waals surface area contributed by atoms with Gasteiger partial charge in [-0.3, -0.25) is 0 Å². The molecule has 0 aliphatic carbocycles. The zero-order valence-electron chi connectivity index (χ0n) is 13.2. The Hall–Kier alpha value is -0.660. The quantitative estimate of drug-likeness (QED) is 0.712. The van der Waals surface area contributed by atoms with Gasteiger partial charge in [-0.15, -0.1) is 5.10 Å². The van der Waals surface area contributed by atoms with Crippen molar-refractivity contribution in [1.82, 2.24) is 25.5 Å². The summed E-state index contributed by atoms with van der Waals surface area (Å²) in [6.45, 7) is 11.9. The van der Waals surface area contributed by atoms with Crippen LogP contribution in [0.5, 0.6) is 0 Å². The van der Waals surface area contributed by atoms with Crippen LogP contribution in [0.2, 0.25) is 0 Å². The molecule has 0 spiro atoms. The molecule has 0 aliphatic rings. The Bertz CT molecular complexity index is 398. The van der Waals surface area contributed by atoms with E-state index in [1.807, 2.05) is 13.8 Å². The first-order chi connectivity index (χ1) is 9.29. The summed E-state index contributed by atoms with van der Waals surface area (Å²) in [5, 5.41) is 26.2. The average molecular weight is 301 g/mol. The summed E-state index contributed by atoms with van der Waals surface area (Å²) < 4.78 is 1.79. The average Bonchev–Trinajstić information content (AvgIpc) is 2.82. The van der Waals surface area contributed by atoms with E-state index in [1.54, 1.807) is 4.68 Å². The van der Waals surface area contributed by atoms with E-state index < -0.39 is 5.60 Å². The smallest absolute Gasteiger partial charge is 0.209 e. The zero-order chi connectivity index (χ0) is 15.2. The highest BCUT2D eigenvalue weighted by molar-refractivity contribution is 7.99. The zero-order valence-corrected chi connectivity index (χ0v) is 14.0. The molecule has 1 aromatic heterocycles. The van der Waals surface area contributed by atoms with Crippen molar-refractivity contribution in [2.75, 3.05) is 12.3 Å². The van der Waals surface area contributed by atoms with E-state index in [-0.39, 0.29) is 5.54 Å². The third-order valence-electron chi connectivity index (χ3n) is 3.26. The van der Waals surface area contributed by atoms with Gasteiger partial charge in [-0.1, -0.05) is 25.6 Å². The first-order valence-corrected chi connectivity index (χ1v) is 8.14. The van der Waals surface area contributed by atoms with E-state index in [0.29, 0.717) is 5.75 Å². The van der Waals surface area contributed by atoms with Crippen LogP contribution in [-0.4, -0.2) is 48.8 Å². The summed E-state index contributed by atoms with van der Waals surface area (Å²) in [4.78, 5) is 0. The first-order valence-electron chi connectivity index (χ1n) is 7.16. The highest BCUT2D eigenvalue weighted by atomic mass is 32.2. The Labute approximate surface area is 125 Å². The van der Waals surface area contributed by atoms with Gasteiger partial charge in [0.05, 0.1) is 12.1 Å². The number of nitrogens with zero attached hydrogens (tertiary/aromatic N) is 4. The van der Waals surface area contributed by atoms with Gasteiger partial charge >= 0.3 is 0 Å². The molecule has 7 heteroatoms. The minimum absolute atomic E-state index is 0.0893. The first kappa shape index (κ1) is 17.4. The van der Waals surface area contributed by atoms with Gasteiger partial charge in [-0.05, 0) is 44.0 Å². The summed E-state index contributed by atoms with van der Waals surface area (Å²) in [6.07, 6.45) is 1.48. The van der Waals surface area contributed by atoms with Crippen LogP contribution in [0, 0.1) is 0 Å². The van der Waals surface area contributed by atoms with Crippen LogP contribution in [0.15, 0.2) is 5.16 Å². The molecule has 0 aliphatic heterocycles. The monoisotopic (exact) mass is 301 g/mol. The van der Waals surface area contributed by atoms with E-state index in [9.17, 15) is 5.11 Å². The molecule has 1 rings (SSSR count). The molecule has 2 N–H and O–H groups in total. The van der Waals surface area contributed by atoms with E-state index in [4.69, 9.17) is 0 Å². The van der Waals surface area contributed by atoms with E-state index >= 15 is 0 Å². The van der Waals surface area contributed by atoms with Crippen molar-refractivity contribution < 1.29 is 5.11 Å². The number of rotatable bonds is 8. The van der Waals surface area contributed by atoms with Gasteiger partial charge in [0.1, 0.15) is 0 Å². The van der Waals surface area contributed by atoms with Crippen LogP contribution in [0.25, 0.3) is 0 Å². The highest BCUT2D eigenvalue weighted by Crippen LogP contribution is 2.24. The number of aromatic nitrogens is 4. The lowest BCUT2D eigenvalue weighted by atomic mass is 10.0. The topological polar surface area (TPSA) is 75.9 Å². The predicted octanol–water partition coefficient (Wildman–Crippen LogP) is 1.70. The van der Waals surface area contributed by atoms with Crippen molar-refractivity contribution in [2.45, 2.75) is 70.3 Å². The molecule has 6 nitrogen and oxygen atoms in total. The number of tetrazole rings is 1. The summed E-state index contributed by atoms with van der Waals surface area (Å²) >= 11 is 1.52. The third-order valence-corrected chi connectivity index (χ3v) is 4.50. The molecule has 1 heterocycles. The molecular weight excluding hydrogens is 274 g/mol. The molecule has 0 unspecified atom stereocenters. The molecule has 20 heavy (non-hydrogen) atoms. The summed E-state index contributed by atoms with van der Waals surface area (Å²) in [5.74, 6) is 0.618. The van der Waals surface area contributed by atoms with Crippen molar-refractivity contribution in [1.29, 1.82) is 0 Å². The summed E-state index contributed by atoms with van der Waals surface area (Å²) in [6, 6.07) is 0. The SMILES string of the molecule is CCC(O)(CC)CSc1nnnn1CCNC(C)(C)C. The Balaban J connectivity index is 2.50. The molecule has 0 bridgehead atoms. The van der Waals surface area contributed by atoms with Gasteiger partial charge in [0.2, 0.25) is 5.16 Å². The van der Waals surface area contributed by atoms with E-state index in [0.717, 1.165) is 31.1 Å². The van der Waals surface area contributed by atoms with E-state index in [1.165, 1.54) is 11.8 Å². The van der Waals surface area contributed by atoms with Crippen molar-refractivity contribution in [3.8, 4) is 0 Å². The second-order valence-electron chi connectivity index (χ2n) is 6.08. The standard InChI is InChI=1S/C13H27N5OS/c1-6-13(19,7-2)10-20-11-15-16-17-18(11)9-8-14-12(3,4)5/h14,19H,6-10H2,1-5H3. The van der Waals surface area contributed by atoms with Crippen LogP contribution in [0.1, 0.15) is 47.5 Å². The minimum atomic E-state index is -0.634. The van der Waals surface area contributed by atoms with Gasteiger partial charge in [0.25, 0.3) is 0 Å². The lowest BCUT2D eigenvalue weighted by Crippen LogP contribution is -2.38. The molecule has 116 valence electrons. The number of thioether (sulfide) groups is 1. The number of nitrogens with one attached hydrogen (secondary N) is 1. The van der Waals surface area contributed by atoms with Gasteiger partial charge < -0.3 is 10.4 Å². The molecule has 0 radical (unpaired) electrons. The van der Waals surface area contributed by atoms with Crippen molar-refractivity contribution in [3.63, 3.8) is 0 Å². The highest BCUT2D eigenvalue weighted by Gasteiger charge is 2.23. The summed E-state index contributed by atoms with van der Waals surface area (Å²) in [5.41, 5.74) is -0.545. The lowest BCUT2D eigenvalue weighted by molar-refractivity contribution is 0.0571. The molecule has 0 saturated heterocycles. The third kappa shape index (κ3) is 5.76. The number of hydrogen-bond acceptors (Lipinski definition) is 6. The second kappa shape index (κ2) is 7.38. The predicted molar refractivity (Wildman–Crippen MR) is 81.8 cm³/mol. The lowest BCUT2D eigenvalue weighted by Gasteiger charge is -2.24. The largest absolute Gasteiger partial charge is 0.389 e. The summed E-state index contributed by atoms with van der Waals surface area (Å²) in [7, 11) is 0. The fourth-order valence-corrected chi connectivity index (χ4v) is 2.81. The van der Waals surface area contributed by atoms with Gasteiger partial charge in [-0.25, -0.2) is 4.68 Å². The van der Waals surface area contributed by atoms with Crippen molar-refractivity contribution in [2.24, 2.45) is 0 Å². The number of hydrogen-bond donors (Lipinski definition) is 2. The van der Waals surface area contributed by atoms with Crippen LogP contribution in [0.3, 0.4) is 0 Å². The van der Waals surface area contributed by atoms with Crippen LogP contribution in [-0.2, 0) is 6.54 Å². The van der Waals surface area contributed by atoms with Gasteiger partial charge in [0, 0.05) is 17.8 Å². The van der Waals surface area contributed by atoms with Crippen molar-refractivity contribution >= 4 is 11.8 Å². The Morgan fingerprint density at radius 1 is 1.25 bits per heavy atom. The molecule has 0 aromatic carbocycles. The molecule has 0 amide bonds. The van der Waals surface area contributed by atoms with Crippen LogP contribution < -0.4 is 5.32 Å². The minimum Gasteiger partial charge on any atom is -0.389 e. The fourth-order valence-electron chi connectivity index (χ4n) is 1.63. The van der Waals surface area contributed by atoms with Crippen LogP contribution >= 0.6 is 11.8 Å². The maximum Gasteiger partial charge on any atom is 0.209 e. The molecule has 1 aromatic rings. The molecule has 0 atom stereocenters. The number of aliphatic hydroxyl groups is 1. The van der Waals surface area contributed by atoms with Crippen LogP contribution in [0.4, 0.5) is 0 Å². The maximum absolute atomic E-state index is 10.3. The van der Waals surface area contributed by atoms with Crippen molar-refractivity contribution in [3.05, 3.63) is 0 Å². The Morgan fingerprint density at radius 3 is 2.45 bits per heavy atom. The fraction of sp³-hybridized carbons (Fsp3) is 0.923. The molecule has 0 fully saturated rings. The van der Waals surface area contributed by atoms with Gasteiger partial charge in [-0.2, -0.15) is 0 Å². The second-order valence-corrected chi connectivity index (χ2v) is 7.02. The Morgan fingerprint density at radius 2 is 1.90 bits per heavy atom. The van der Waals surface area contributed by atoms with E-state index in [2.05, 4.69) is 41.6 Å². The van der Waals surface area contributed by atoms with Gasteiger partial charge in [0.15, 0.2) is 0 Å². The molecule has 0 saturated carbocycles. The molecular formula is C13H27N5OS. The normalized spacial score (nSPS) is 12.9. The Kier molecular flexibility index (Phi) is 6.42.